The van der Waals surface area contributed by atoms with E-state index in [-0.39, 0.29) is 10.6 Å². The van der Waals surface area contributed by atoms with Gasteiger partial charge in [0.2, 0.25) is 0 Å². The van der Waals surface area contributed by atoms with Gasteiger partial charge in [0.15, 0.2) is 0 Å². The predicted molar refractivity (Wildman–Crippen MR) is 79.7 cm³/mol. The first-order valence-electron chi connectivity index (χ1n) is 7.21. The molecule has 2 rings (SSSR count). The van der Waals surface area contributed by atoms with Crippen LogP contribution in [0.5, 0.6) is 0 Å². The second kappa shape index (κ2) is 6.81. The Labute approximate surface area is 120 Å². The number of nitrogens with zero attached hydrogens (tertiary/aromatic N) is 2. The highest BCUT2D eigenvalue weighted by Gasteiger charge is 2.23. The van der Waals surface area contributed by atoms with Gasteiger partial charge >= 0.3 is 0 Å². The van der Waals surface area contributed by atoms with Gasteiger partial charge in [-0.15, -0.1) is 0 Å². The van der Waals surface area contributed by atoms with Gasteiger partial charge in [-0.05, 0) is 45.3 Å². The molecule has 0 amide bonds. The lowest BCUT2D eigenvalue weighted by Gasteiger charge is -2.34. The van der Waals surface area contributed by atoms with E-state index in [4.69, 9.17) is 0 Å². The van der Waals surface area contributed by atoms with Crippen LogP contribution in [-0.4, -0.2) is 36.0 Å². The van der Waals surface area contributed by atoms with Crippen LogP contribution in [-0.2, 0) is 6.54 Å². The maximum atomic E-state index is 10.6. The molecule has 0 saturated heterocycles. The van der Waals surface area contributed by atoms with Crippen LogP contribution in [0.3, 0.4) is 0 Å². The zero-order chi connectivity index (χ0) is 14.5. The molecule has 0 spiro atoms. The Morgan fingerprint density at radius 1 is 1.25 bits per heavy atom. The monoisotopic (exact) mass is 277 g/mol. The van der Waals surface area contributed by atoms with Crippen molar-refractivity contribution in [3.8, 4) is 0 Å². The van der Waals surface area contributed by atoms with E-state index in [9.17, 15) is 10.1 Å². The summed E-state index contributed by atoms with van der Waals surface area (Å²) in [5, 5.41) is 14.0. The number of non-ortho nitro benzene ring substituents is 1. The molecule has 1 aliphatic rings. The molecule has 1 saturated carbocycles. The summed E-state index contributed by atoms with van der Waals surface area (Å²) in [6.07, 6.45) is 4.89. The summed E-state index contributed by atoms with van der Waals surface area (Å²) in [4.78, 5) is 12.6. The zero-order valence-corrected chi connectivity index (χ0v) is 12.2. The fraction of sp³-hybridized carbons (Fsp3) is 0.600. The lowest BCUT2D eigenvalue weighted by Crippen LogP contribution is -2.39. The van der Waals surface area contributed by atoms with Crippen LogP contribution >= 0.6 is 0 Å². The van der Waals surface area contributed by atoms with E-state index in [1.807, 2.05) is 19.2 Å². The molecule has 0 atom stereocenters. The maximum absolute atomic E-state index is 10.6. The average molecular weight is 277 g/mol. The number of nitro benzene ring substituents is 1. The normalized spacial score (nSPS) is 22.9. The topological polar surface area (TPSA) is 58.4 Å². The molecular formula is C15H23N3O2. The van der Waals surface area contributed by atoms with Gasteiger partial charge in [-0.25, -0.2) is 0 Å². The summed E-state index contributed by atoms with van der Waals surface area (Å²) in [5.74, 6) is 0. The molecule has 0 aliphatic heterocycles. The van der Waals surface area contributed by atoms with E-state index in [2.05, 4.69) is 17.3 Å². The van der Waals surface area contributed by atoms with E-state index in [1.54, 1.807) is 12.1 Å². The zero-order valence-electron chi connectivity index (χ0n) is 12.2. The predicted octanol–water partition coefficient (Wildman–Crippen LogP) is 2.56. The van der Waals surface area contributed by atoms with Crippen LogP contribution < -0.4 is 5.32 Å². The van der Waals surface area contributed by atoms with Crippen LogP contribution in [0.1, 0.15) is 31.2 Å². The maximum Gasteiger partial charge on any atom is 0.269 e. The average Bonchev–Trinajstić information content (AvgIpc) is 2.48. The third-order valence-electron chi connectivity index (χ3n) is 4.31. The number of hydrogen-bond donors (Lipinski definition) is 1. The summed E-state index contributed by atoms with van der Waals surface area (Å²) < 4.78 is 0. The molecule has 5 nitrogen and oxygen atoms in total. The fourth-order valence-corrected chi connectivity index (χ4v) is 2.95. The number of nitrogens with one attached hydrogen (secondary N) is 1. The number of rotatable bonds is 5. The van der Waals surface area contributed by atoms with Gasteiger partial charge in [-0.2, -0.15) is 0 Å². The first-order valence-corrected chi connectivity index (χ1v) is 7.21. The van der Waals surface area contributed by atoms with Gasteiger partial charge < -0.3 is 5.32 Å². The Balaban J connectivity index is 1.88. The Bertz CT molecular complexity index is 439. The summed E-state index contributed by atoms with van der Waals surface area (Å²) >= 11 is 0. The number of benzene rings is 1. The van der Waals surface area contributed by atoms with Crippen molar-refractivity contribution in [2.75, 3.05) is 14.1 Å². The minimum atomic E-state index is -0.355. The first-order chi connectivity index (χ1) is 9.60. The highest BCUT2D eigenvalue weighted by Crippen LogP contribution is 2.23. The van der Waals surface area contributed by atoms with Gasteiger partial charge in [0.05, 0.1) is 4.92 Å². The molecule has 1 aromatic rings. The summed E-state index contributed by atoms with van der Waals surface area (Å²) in [6, 6.07) is 8.16. The molecule has 0 heterocycles. The molecular weight excluding hydrogens is 254 g/mol. The summed E-state index contributed by atoms with van der Waals surface area (Å²) in [7, 11) is 4.18. The SMILES string of the molecule is CNC1CCC(N(C)Cc2ccc([N+](=O)[O-])cc2)CC1. The lowest BCUT2D eigenvalue weighted by atomic mass is 9.90. The molecule has 20 heavy (non-hydrogen) atoms. The molecule has 1 fully saturated rings. The largest absolute Gasteiger partial charge is 0.317 e. The minimum absolute atomic E-state index is 0.158. The van der Waals surface area contributed by atoms with E-state index in [1.165, 1.54) is 25.7 Å². The minimum Gasteiger partial charge on any atom is -0.317 e. The van der Waals surface area contributed by atoms with Crippen molar-refractivity contribution in [1.82, 2.24) is 10.2 Å². The summed E-state index contributed by atoms with van der Waals surface area (Å²) in [5.41, 5.74) is 1.29. The standard InChI is InChI=1S/C15H23N3O2/c1-16-13-5-9-14(10-6-13)17(2)11-12-3-7-15(8-4-12)18(19)20/h3-4,7-8,13-14,16H,5-6,9-11H2,1-2H3. The van der Waals surface area contributed by atoms with E-state index < -0.39 is 0 Å². The van der Waals surface area contributed by atoms with Crippen molar-refractivity contribution in [2.45, 2.75) is 44.3 Å². The lowest BCUT2D eigenvalue weighted by molar-refractivity contribution is -0.384. The van der Waals surface area contributed by atoms with Crippen molar-refractivity contribution < 1.29 is 4.92 Å². The van der Waals surface area contributed by atoms with Crippen LogP contribution in [0, 0.1) is 10.1 Å². The Morgan fingerprint density at radius 2 is 1.85 bits per heavy atom. The Morgan fingerprint density at radius 3 is 2.35 bits per heavy atom. The molecule has 5 heteroatoms. The van der Waals surface area contributed by atoms with E-state index >= 15 is 0 Å². The smallest absolute Gasteiger partial charge is 0.269 e. The quantitative estimate of drug-likeness (QED) is 0.664. The first kappa shape index (κ1) is 14.9. The molecule has 0 bridgehead atoms. The van der Waals surface area contributed by atoms with Crippen molar-refractivity contribution in [1.29, 1.82) is 0 Å². The van der Waals surface area contributed by atoms with Crippen LogP contribution in [0.4, 0.5) is 5.69 Å². The fourth-order valence-electron chi connectivity index (χ4n) is 2.95. The Hall–Kier alpha value is -1.46. The van der Waals surface area contributed by atoms with Crippen molar-refractivity contribution in [3.63, 3.8) is 0 Å². The van der Waals surface area contributed by atoms with Crippen LogP contribution in [0.15, 0.2) is 24.3 Å². The number of nitro groups is 1. The third kappa shape index (κ3) is 3.77. The number of hydrogen-bond acceptors (Lipinski definition) is 4. The van der Waals surface area contributed by atoms with E-state index in [0.717, 1.165) is 12.1 Å². The van der Waals surface area contributed by atoms with Crippen molar-refractivity contribution in [2.24, 2.45) is 0 Å². The molecule has 110 valence electrons. The van der Waals surface area contributed by atoms with Gasteiger partial charge in [0.25, 0.3) is 5.69 Å². The van der Waals surface area contributed by atoms with Crippen LogP contribution in [0.25, 0.3) is 0 Å². The highest BCUT2D eigenvalue weighted by atomic mass is 16.6. The third-order valence-corrected chi connectivity index (χ3v) is 4.31. The highest BCUT2D eigenvalue weighted by molar-refractivity contribution is 5.32. The molecule has 0 radical (unpaired) electrons. The van der Waals surface area contributed by atoms with E-state index in [0.29, 0.717) is 12.1 Å². The van der Waals surface area contributed by atoms with Crippen molar-refractivity contribution >= 4 is 5.69 Å². The second-order valence-electron chi connectivity index (χ2n) is 5.63. The van der Waals surface area contributed by atoms with Gasteiger partial charge in [0, 0.05) is 30.8 Å². The van der Waals surface area contributed by atoms with Gasteiger partial charge in [-0.1, -0.05) is 12.1 Å². The molecule has 1 N–H and O–H groups in total. The molecule has 0 aromatic heterocycles. The van der Waals surface area contributed by atoms with Gasteiger partial charge in [-0.3, -0.25) is 15.0 Å². The second-order valence-corrected chi connectivity index (χ2v) is 5.63. The van der Waals surface area contributed by atoms with Gasteiger partial charge in [0.1, 0.15) is 0 Å². The molecule has 1 aromatic carbocycles. The Kier molecular flexibility index (Phi) is 5.09. The molecule has 1 aliphatic carbocycles. The van der Waals surface area contributed by atoms with Crippen molar-refractivity contribution in [3.05, 3.63) is 39.9 Å². The summed E-state index contributed by atoms with van der Waals surface area (Å²) in [6.45, 7) is 0.854. The van der Waals surface area contributed by atoms with Crippen LogP contribution in [0.2, 0.25) is 0 Å². The molecule has 0 unspecified atom stereocenters.